The molecule has 182 valence electrons. The highest BCUT2D eigenvalue weighted by Gasteiger charge is 2.34. The molecule has 2 aliphatic heterocycles. The molecule has 0 aromatic heterocycles. The van der Waals surface area contributed by atoms with Crippen LogP contribution in [0.4, 0.5) is 4.79 Å². The molecule has 0 N–H and O–H groups in total. The van der Waals surface area contributed by atoms with E-state index in [1.807, 2.05) is 0 Å². The van der Waals surface area contributed by atoms with Crippen LogP contribution in [-0.2, 0) is 14.8 Å². The summed E-state index contributed by atoms with van der Waals surface area (Å²) in [5.74, 6) is -0.473. The summed E-state index contributed by atoms with van der Waals surface area (Å²) in [5, 5.41) is 0. The molecule has 1 fully saturated rings. The lowest BCUT2D eigenvalue weighted by Gasteiger charge is -2.35. The molecule has 3 rings (SSSR count). The van der Waals surface area contributed by atoms with Crippen molar-refractivity contribution in [3.05, 3.63) is 35.4 Å². The summed E-state index contributed by atoms with van der Waals surface area (Å²) in [7, 11) is -3.39. The van der Waals surface area contributed by atoms with Crippen LogP contribution in [0.15, 0.2) is 24.3 Å². The molecule has 3 amide bonds. The molecule has 0 aliphatic carbocycles. The minimum absolute atomic E-state index is 0.0481. The van der Waals surface area contributed by atoms with Crippen molar-refractivity contribution in [2.75, 3.05) is 38.5 Å². The molecule has 0 radical (unpaired) electrons. The fourth-order valence-corrected chi connectivity index (χ4v) is 5.50. The Morgan fingerprint density at radius 2 is 1.45 bits per heavy atom. The Morgan fingerprint density at radius 3 is 2.00 bits per heavy atom. The average molecular weight is 480 g/mol. The Balaban J connectivity index is 1.34. The first-order chi connectivity index (χ1) is 15.5. The number of sulfonamides is 1. The van der Waals surface area contributed by atoms with Gasteiger partial charge in [-0.25, -0.2) is 13.2 Å². The first kappa shape index (κ1) is 25.2. The van der Waals surface area contributed by atoms with Gasteiger partial charge in [0.1, 0.15) is 5.60 Å². The van der Waals surface area contributed by atoms with Gasteiger partial charge in [0.05, 0.1) is 16.9 Å². The lowest BCUT2D eigenvalue weighted by molar-refractivity contribution is 0.0192. The first-order valence-corrected chi connectivity index (χ1v) is 13.0. The third kappa shape index (κ3) is 6.32. The van der Waals surface area contributed by atoms with Crippen LogP contribution in [0.5, 0.6) is 0 Å². The van der Waals surface area contributed by atoms with Gasteiger partial charge >= 0.3 is 6.09 Å². The standard InChI is InChI=1S/C23H33N3O6S/c1-23(2,3)32-22(29)24-13-15-25(16-14-24)33(30,31)17-9-5-4-8-12-26-20(27)18-10-6-7-11-19(18)21(26)28/h6-7,10-11H,4-5,8-9,12-17H2,1-3H3. The van der Waals surface area contributed by atoms with Crippen molar-refractivity contribution in [3.8, 4) is 0 Å². The van der Waals surface area contributed by atoms with Crippen LogP contribution in [-0.4, -0.2) is 84.5 Å². The highest BCUT2D eigenvalue weighted by molar-refractivity contribution is 7.89. The number of imide groups is 1. The van der Waals surface area contributed by atoms with E-state index in [1.54, 1.807) is 45.0 Å². The van der Waals surface area contributed by atoms with Gasteiger partial charge in [-0.1, -0.05) is 25.0 Å². The molecule has 2 aliphatic rings. The van der Waals surface area contributed by atoms with Crippen molar-refractivity contribution < 1.29 is 27.5 Å². The maximum absolute atomic E-state index is 12.6. The number of benzene rings is 1. The van der Waals surface area contributed by atoms with E-state index in [0.29, 0.717) is 50.0 Å². The fourth-order valence-electron chi connectivity index (χ4n) is 3.95. The summed E-state index contributed by atoms with van der Waals surface area (Å²) in [6.45, 7) is 6.89. The van der Waals surface area contributed by atoms with Crippen molar-refractivity contribution in [3.63, 3.8) is 0 Å². The quantitative estimate of drug-likeness (QED) is 0.419. The number of carbonyl (C=O) groups is 3. The highest BCUT2D eigenvalue weighted by atomic mass is 32.2. The first-order valence-electron chi connectivity index (χ1n) is 11.4. The third-order valence-electron chi connectivity index (χ3n) is 5.70. The SMILES string of the molecule is CC(C)(C)OC(=O)N1CCN(S(=O)(=O)CCCCCCN2C(=O)c3ccccc3C2=O)CC1. The maximum atomic E-state index is 12.6. The second kappa shape index (κ2) is 10.2. The second-order valence-electron chi connectivity index (χ2n) is 9.40. The molecule has 33 heavy (non-hydrogen) atoms. The van der Waals surface area contributed by atoms with Gasteiger partial charge in [-0.3, -0.25) is 14.5 Å². The van der Waals surface area contributed by atoms with E-state index in [9.17, 15) is 22.8 Å². The smallest absolute Gasteiger partial charge is 0.410 e. The summed E-state index contributed by atoms with van der Waals surface area (Å²) in [6.07, 6.45) is 2.16. The lowest BCUT2D eigenvalue weighted by atomic mass is 10.1. The fraction of sp³-hybridized carbons (Fsp3) is 0.609. The molecule has 10 heteroatoms. The molecule has 0 spiro atoms. The molecule has 0 unspecified atom stereocenters. The van der Waals surface area contributed by atoms with Crippen molar-refractivity contribution in [1.29, 1.82) is 0 Å². The normalized spacial score (nSPS) is 17.4. The number of piperazine rings is 1. The monoisotopic (exact) mass is 479 g/mol. The number of hydrogen-bond donors (Lipinski definition) is 0. The van der Waals surface area contributed by atoms with Gasteiger partial charge in [-0.2, -0.15) is 4.31 Å². The van der Waals surface area contributed by atoms with Gasteiger partial charge in [0, 0.05) is 32.7 Å². The Bertz CT molecular complexity index is 959. The second-order valence-corrected chi connectivity index (χ2v) is 11.5. The molecule has 0 saturated carbocycles. The molecule has 0 bridgehead atoms. The predicted octanol–water partition coefficient (Wildman–Crippen LogP) is 2.73. The van der Waals surface area contributed by atoms with Crippen molar-refractivity contribution in [1.82, 2.24) is 14.1 Å². The van der Waals surface area contributed by atoms with E-state index < -0.39 is 21.7 Å². The average Bonchev–Trinajstić information content (AvgIpc) is 3.00. The highest BCUT2D eigenvalue weighted by Crippen LogP contribution is 2.23. The van der Waals surface area contributed by atoms with E-state index in [4.69, 9.17) is 4.74 Å². The molecule has 2 heterocycles. The third-order valence-corrected chi connectivity index (χ3v) is 7.65. The summed E-state index contributed by atoms with van der Waals surface area (Å²) >= 11 is 0. The van der Waals surface area contributed by atoms with Crippen LogP contribution in [0, 0.1) is 0 Å². The molecule has 1 aromatic carbocycles. The lowest BCUT2D eigenvalue weighted by Crippen LogP contribution is -2.52. The van der Waals surface area contributed by atoms with Gasteiger partial charge in [0.2, 0.25) is 10.0 Å². The van der Waals surface area contributed by atoms with Gasteiger partial charge < -0.3 is 9.64 Å². The van der Waals surface area contributed by atoms with Crippen LogP contribution in [0.2, 0.25) is 0 Å². The van der Waals surface area contributed by atoms with E-state index in [-0.39, 0.29) is 30.7 Å². The minimum atomic E-state index is -3.39. The molecule has 0 atom stereocenters. The number of amides is 3. The van der Waals surface area contributed by atoms with E-state index >= 15 is 0 Å². The Kier molecular flexibility index (Phi) is 7.79. The molecule has 1 aromatic rings. The largest absolute Gasteiger partial charge is 0.444 e. The van der Waals surface area contributed by atoms with Crippen molar-refractivity contribution >= 4 is 27.9 Å². The van der Waals surface area contributed by atoms with Crippen molar-refractivity contribution in [2.45, 2.75) is 52.1 Å². The van der Waals surface area contributed by atoms with Crippen LogP contribution in [0.3, 0.4) is 0 Å². The predicted molar refractivity (Wildman–Crippen MR) is 123 cm³/mol. The van der Waals surface area contributed by atoms with Crippen LogP contribution < -0.4 is 0 Å². The molecular formula is C23H33N3O6S. The number of hydrogen-bond acceptors (Lipinski definition) is 6. The molecule has 1 saturated heterocycles. The summed E-state index contributed by atoms with van der Waals surface area (Å²) in [6, 6.07) is 6.80. The topological polar surface area (TPSA) is 104 Å². The Hall–Kier alpha value is -2.46. The Morgan fingerprint density at radius 1 is 0.909 bits per heavy atom. The number of ether oxygens (including phenoxy) is 1. The van der Waals surface area contributed by atoms with E-state index in [2.05, 4.69) is 0 Å². The zero-order chi connectivity index (χ0) is 24.2. The number of rotatable bonds is 8. The van der Waals surface area contributed by atoms with Gasteiger partial charge in [0.25, 0.3) is 11.8 Å². The number of carbonyl (C=O) groups excluding carboxylic acids is 3. The Labute approximate surface area is 195 Å². The minimum Gasteiger partial charge on any atom is -0.444 e. The van der Waals surface area contributed by atoms with Gasteiger partial charge in [-0.05, 0) is 45.7 Å². The van der Waals surface area contributed by atoms with Crippen molar-refractivity contribution in [2.24, 2.45) is 0 Å². The van der Waals surface area contributed by atoms with Crippen LogP contribution >= 0.6 is 0 Å². The van der Waals surface area contributed by atoms with E-state index in [0.717, 1.165) is 6.42 Å². The van der Waals surface area contributed by atoms with Gasteiger partial charge in [0.15, 0.2) is 0 Å². The summed E-state index contributed by atoms with van der Waals surface area (Å²) < 4.78 is 32.1. The van der Waals surface area contributed by atoms with Gasteiger partial charge in [-0.15, -0.1) is 0 Å². The number of unbranched alkanes of at least 4 members (excludes halogenated alkanes) is 3. The number of nitrogens with zero attached hydrogens (tertiary/aromatic N) is 3. The molecular weight excluding hydrogens is 446 g/mol. The zero-order valence-electron chi connectivity index (χ0n) is 19.6. The molecule has 9 nitrogen and oxygen atoms in total. The van der Waals surface area contributed by atoms with E-state index in [1.165, 1.54) is 14.1 Å². The summed E-state index contributed by atoms with van der Waals surface area (Å²) in [5.41, 5.74) is 0.306. The number of fused-ring (bicyclic) bond motifs is 1. The van der Waals surface area contributed by atoms with Crippen LogP contribution in [0.25, 0.3) is 0 Å². The maximum Gasteiger partial charge on any atom is 0.410 e. The summed E-state index contributed by atoms with van der Waals surface area (Å²) in [4.78, 5) is 39.7. The van der Waals surface area contributed by atoms with Crippen LogP contribution in [0.1, 0.15) is 67.2 Å². The zero-order valence-corrected chi connectivity index (χ0v) is 20.4.